The third kappa shape index (κ3) is 7.41. The van der Waals surface area contributed by atoms with Crippen LogP contribution < -0.4 is 16.0 Å². The van der Waals surface area contributed by atoms with Crippen molar-refractivity contribution in [3.05, 3.63) is 16.8 Å². The van der Waals surface area contributed by atoms with E-state index < -0.39 is 11.2 Å². The van der Waals surface area contributed by atoms with Gasteiger partial charge < -0.3 is 14.3 Å². The first-order chi connectivity index (χ1) is 10.5. The van der Waals surface area contributed by atoms with E-state index in [0.29, 0.717) is 0 Å². The molecule has 0 atom stereocenters. The maximum atomic E-state index is 10.0. The second-order valence-electron chi connectivity index (χ2n) is 6.36. The Morgan fingerprint density at radius 3 is 2.04 bits per heavy atom. The third-order valence-electron chi connectivity index (χ3n) is 3.62. The van der Waals surface area contributed by atoms with E-state index in [0.717, 1.165) is 16.0 Å². The van der Waals surface area contributed by atoms with Gasteiger partial charge in [-0.1, -0.05) is 46.8 Å². The van der Waals surface area contributed by atoms with E-state index in [1.54, 1.807) is 21.3 Å². The number of hydrogen-bond acceptors (Lipinski definition) is 2. The van der Waals surface area contributed by atoms with Gasteiger partial charge in [-0.05, 0) is 45.3 Å². The molecular weight excluding hydrogens is 285 g/mol. The van der Waals surface area contributed by atoms with Crippen LogP contribution in [0.3, 0.4) is 0 Å². The molecule has 1 heterocycles. The molecule has 1 radical (unpaired) electrons. The molecule has 0 saturated carbocycles. The lowest BCUT2D eigenvalue weighted by molar-refractivity contribution is -0.0893. The average molecular weight is 322 g/mol. The quantitative estimate of drug-likeness (QED) is 0.864. The highest BCUT2D eigenvalue weighted by molar-refractivity contribution is 6.47. The van der Waals surface area contributed by atoms with Crippen LogP contribution in [0.4, 0.5) is 0 Å². The first-order valence-electron chi connectivity index (χ1n) is 8.55. The molecule has 1 N–H and O–H groups in total. The Morgan fingerprint density at radius 2 is 1.70 bits per heavy atom. The van der Waals surface area contributed by atoms with Crippen LogP contribution in [0.5, 0.6) is 0 Å². The van der Waals surface area contributed by atoms with E-state index in [9.17, 15) is 5.11 Å². The fourth-order valence-corrected chi connectivity index (χ4v) is 1.49. The molecule has 0 aliphatic carbocycles. The summed E-state index contributed by atoms with van der Waals surface area (Å²) >= 11 is 0. The molecule has 0 aliphatic rings. The molecule has 0 aliphatic heterocycles. The van der Waals surface area contributed by atoms with Gasteiger partial charge in [0.2, 0.25) is 0 Å². The van der Waals surface area contributed by atoms with Crippen LogP contribution in [0.2, 0.25) is 0 Å². The Labute approximate surface area is 144 Å². The minimum absolute atomic E-state index is 0.658. The van der Waals surface area contributed by atoms with Crippen LogP contribution in [0.25, 0.3) is 12.7 Å². The Morgan fingerprint density at radius 1 is 1.26 bits per heavy atom. The van der Waals surface area contributed by atoms with Gasteiger partial charge in [0.25, 0.3) is 0 Å². The Bertz CT molecular complexity index is 539. The van der Waals surface area contributed by atoms with Crippen molar-refractivity contribution in [2.75, 3.05) is 0 Å². The molecule has 0 saturated heterocycles. The predicted octanol–water partition coefficient (Wildman–Crippen LogP) is 2.49. The zero-order valence-corrected chi connectivity index (χ0v) is 16.9. The van der Waals surface area contributed by atoms with Crippen LogP contribution in [-0.2, 0) is 11.7 Å². The number of rotatable bonds is 4. The van der Waals surface area contributed by atoms with Gasteiger partial charge in [0.15, 0.2) is 0 Å². The highest BCUT2D eigenvalue weighted by atomic mass is 16.5. The first kappa shape index (κ1) is 24.3. The van der Waals surface area contributed by atoms with Crippen LogP contribution >= 0.6 is 0 Å². The summed E-state index contributed by atoms with van der Waals surface area (Å²) in [6, 6.07) is 0. The van der Waals surface area contributed by atoms with Crippen molar-refractivity contribution in [2.45, 2.75) is 79.9 Å². The standard InChI is InChI=1S/C14H23BNO2.C3H8.C2H6/c1-8-11-10(2)16(7)9-12(11)15-18-14(5,6)13(3,4)17;1-3-2;1-2/h8-9,17H,2H2,1,3-7H3;3H2,1-2H3;1-2H3/b11-8+;;. The number of aryl methyl sites for hydroxylation is 1. The minimum Gasteiger partial charge on any atom is -0.427 e. The molecule has 1 aromatic rings. The van der Waals surface area contributed by atoms with Gasteiger partial charge in [-0.3, -0.25) is 0 Å². The van der Waals surface area contributed by atoms with Crippen molar-refractivity contribution in [3.8, 4) is 0 Å². The lowest BCUT2D eigenvalue weighted by Crippen LogP contribution is -2.50. The number of nitrogens with zero attached hydrogens (tertiary/aromatic N) is 1. The van der Waals surface area contributed by atoms with Crippen LogP contribution in [0.1, 0.15) is 68.7 Å². The topological polar surface area (TPSA) is 34.4 Å². The van der Waals surface area contributed by atoms with Gasteiger partial charge in [-0.15, -0.1) is 0 Å². The Balaban J connectivity index is 0. The fourth-order valence-electron chi connectivity index (χ4n) is 1.49. The molecule has 0 bridgehead atoms. The maximum absolute atomic E-state index is 10.0. The van der Waals surface area contributed by atoms with E-state index in [4.69, 9.17) is 4.65 Å². The van der Waals surface area contributed by atoms with Gasteiger partial charge in [0.1, 0.15) is 0 Å². The molecular formula is C19H37BNO2. The Hall–Kier alpha value is -0.995. The molecule has 0 spiro atoms. The van der Waals surface area contributed by atoms with E-state index in [2.05, 4.69) is 20.4 Å². The molecule has 1 rings (SSSR count). The van der Waals surface area contributed by atoms with E-state index in [1.807, 2.05) is 58.5 Å². The van der Waals surface area contributed by atoms with Crippen molar-refractivity contribution >= 4 is 25.6 Å². The van der Waals surface area contributed by atoms with Crippen molar-refractivity contribution in [1.29, 1.82) is 0 Å². The second kappa shape index (κ2) is 10.7. The molecule has 3 nitrogen and oxygen atoms in total. The largest absolute Gasteiger partial charge is 0.427 e. The van der Waals surface area contributed by atoms with Gasteiger partial charge in [0, 0.05) is 18.6 Å². The molecule has 0 amide bonds. The monoisotopic (exact) mass is 322 g/mol. The number of hydrogen-bond donors (Lipinski definition) is 1. The molecule has 0 fully saturated rings. The summed E-state index contributed by atoms with van der Waals surface area (Å²) in [5, 5.41) is 12.1. The summed E-state index contributed by atoms with van der Waals surface area (Å²) < 4.78 is 7.71. The normalized spacial score (nSPS) is 12.0. The predicted molar refractivity (Wildman–Crippen MR) is 104 cm³/mol. The highest BCUT2D eigenvalue weighted by Crippen LogP contribution is 2.23. The highest BCUT2D eigenvalue weighted by Gasteiger charge is 2.35. The summed E-state index contributed by atoms with van der Waals surface area (Å²) in [4.78, 5) is 0. The third-order valence-corrected chi connectivity index (χ3v) is 3.62. The van der Waals surface area contributed by atoms with E-state index in [1.165, 1.54) is 6.42 Å². The molecule has 0 aromatic carbocycles. The van der Waals surface area contributed by atoms with Gasteiger partial charge >= 0.3 is 7.48 Å². The number of aliphatic hydroxyl groups is 1. The van der Waals surface area contributed by atoms with Crippen LogP contribution in [-0.4, -0.2) is 28.4 Å². The lowest BCUT2D eigenvalue weighted by atomic mass is 9.83. The zero-order chi connectivity index (χ0) is 18.8. The summed E-state index contributed by atoms with van der Waals surface area (Å²) in [5.74, 6) is 0. The summed E-state index contributed by atoms with van der Waals surface area (Å²) in [5.41, 5.74) is -0.598. The second-order valence-corrected chi connectivity index (χ2v) is 6.36. The molecule has 1 aromatic heterocycles. The fraction of sp³-hybridized carbons (Fsp3) is 0.684. The molecule has 0 unspecified atom stereocenters. The SMILES string of the molecule is C=c1/c(=C\C)c([B]OC(C)(C)C(C)(C)O)cn1C.CC.CCC. The zero-order valence-electron chi connectivity index (χ0n) is 16.9. The smallest absolute Gasteiger partial charge is 0.333 e. The first-order valence-corrected chi connectivity index (χ1v) is 8.55. The lowest BCUT2D eigenvalue weighted by Gasteiger charge is -2.37. The number of aromatic nitrogens is 1. The molecule has 4 heteroatoms. The van der Waals surface area contributed by atoms with Crippen LogP contribution in [0.15, 0.2) is 6.20 Å². The van der Waals surface area contributed by atoms with Crippen molar-refractivity contribution in [1.82, 2.24) is 4.57 Å². The van der Waals surface area contributed by atoms with Crippen molar-refractivity contribution in [3.63, 3.8) is 0 Å². The van der Waals surface area contributed by atoms with Gasteiger partial charge in [-0.25, -0.2) is 0 Å². The maximum Gasteiger partial charge on any atom is 0.333 e. The van der Waals surface area contributed by atoms with E-state index >= 15 is 0 Å². The van der Waals surface area contributed by atoms with Gasteiger partial charge in [-0.2, -0.15) is 0 Å². The van der Waals surface area contributed by atoms with E-state index in [-0.39, 0.29) is 0 Å². The Kier molecular flexibility index (Phi) is 11.3. The van der Waals surface area contributed by atoms with Crippen LogP contribution in [0, 0.1) is 0 Å². The molecule has 133 valence electrons. The summed E-state index contributed by atoms with van der Waals surface area (Å²) in [7, 11) is 3.65. The summed E-state index contributed by atoms with van der Waals surface area (Å²) in [6.45, 7) is 21.5. The van der Waals surface area contributed by atoms with Gasteiger partial charge in [0.05, 0.1) is 11.2 Å². The minimum atomic E-state index is -0.915. The van der Waals surface area contributed by atoms with Crippen molar-refractivity contribution in [2.24, 2.45) is 7.05 Å². The van der Waals surface area contributed by atoms with Crippen molar-refractivity contribution < 1.29 is 9.76 Å². The summed E-state index contributed by atoms with van der Waals surface area (Å²) in [6.07, 6.45) is 5.23. The molecule has 23 heavy (non-hydrogen) atoms. The average Bonchev–Trinajstić information content (AvgIpc) is 2.73.